The molecule has 1 N–H and O–H groups in total. The van der Waals surface area contributed by atoms with E-state index in [1.807, 2.05) is 24.1 Å². The number of rotatable bonds is 4. The Bertz CT molecular complexity index is 405. The van der Waals surface area contributed by atoms with E-state index in [0.717, 1.165) is 6.54 Å². The Morgan fingerprint density at radius 2 is 2.47 bits per heavy atom. The first-order valence-electron chi connectivity index (χ1n) is 5.00. The highest BCUT2D eigenvalue weighted by atomic mass is 32.1. The fraction of sp³-hybridized carbons (Fsp3) is 0.364. The largest absolute Gasteiger partial charge is 0.305 e. The van der Waals surface area contributed by atoms with Crippen LogP contribution in [0.25, 0.3) is 0 Å². The molecule has 80 valence electrons. The molecule has 3 nitrogen and oxygen atoms in total. The maximum Gasteiger partial charge on any atom is 0.0534 e. The van der Waals surface area contributed by atoms with E-state index in [9.17, 15) is 0 Å². The van der Waals surface area contributed by atoms with Crippen molar-refractivity contribution >= 4 is 11.3 Å². The van der Waals surface area contributed by atoms with E-state index in [1.165, 1.54) is 10.4 Å². The second-order valence-electron chi connectivity index (χ2n) is 3.64. The van der Waals surface area contributed by atoms with E-state index >= 15 is 0 Å². The van der Waals surface area contributed by atoms with Gasteiger partial charge in [0.25, 0.3) is 0 Å². The van der Waals surface area contributed by atoms with Crippen LogP contribution in [0.3, 0.4) is 0 Å². The van der Waals surface area contributed by atoms with Gasteiger partial charge < -0.3 is 5.32 Å². The number of nitrogens with zero attached hydrogens (tertiary/aromatic N) is 2. The molecule has 0 amide bonds. The second kappa shape index (κ2) is 4.59. The average molecular weight is 221 g/mol. The molecular weight excluding hydrogens is 206 g/mol. The van der Waals surface area contributed by atoms with Crippen LogP contribution in [0.4, 0.5) is 0 Å². The zero-order chi connectivity index (χ0) is 10.7. The molecule has 15 heavy (non-hydrogen) atoms. The third kappa shape index (κ3) is 2.67. The summed E-state index contributed by atoms with van der Waals surface area (Å²) in [6.07, 6.45) is 3.93. The van der Waals surface area contributed by atoms with Gasteiger partial charge in [0, 0.05) is 36.3 Å². The van der Waals surface area contributed by atoms with Crippen LogP contribution in [-0.4, -0.2) is 9.78 Å². The third-order valence-corrected chi connectivity index (χ3v) is 3.40. The fourth-order valence-electron chi connectivity index (χ4n) is 1.47. The Hall–Kier alpha value is -1.13. The quantitative estimate of drug-likeness (QED) is 0.858. The number of hydrogen-bond donors (Lipinski definition) is 1. The van der Waals surface area contributed by atoms with E-state index in [2.05, 4.69) is 34.9 Å². The molecule has 0 bridgehead atoms. The Kier molecular flexibility index (Phi) is 3.18. The highest BCUT2D eigenvalue weighted by molar-refractivity contribution is 7.10. The Balaban J connectivity index is 1.88. The summed E-state index contributed by atoms with van der Waals surface area (Å²) >= 11 is 1.79. The van der Waals surface area contributed by atoms with E-state index in [1.54, 1.807) is 11.3 Å². The number of hydrogen-bond acceptors (Lipinski definition) is 3. The number of thiophene rings is 1. The summed E-state index contributed by atoms with van der Waals surface area (Å²) in [4.78, 5) is 1.37. The third-order valence-electron chi connectivity index (χ3n) is 2.34. The zero-order valence-electron chi connectivity index (χ0n) is 8.97. The minimum atomic E-state index is 0.408. The molecule has 0 saturated heterocycles. The summed E-state index contributed by atoms with van der Waals surface area (Å²) in [6, 6.07) is 4.65. The molecule has 0 aliphatic carbocycles. The number of aryl methyl sites for hydroxylation is 1. The van der Waals surface area contributed by atoms with Crippen LogP contribution in [0.5, 0.6) is 0 Å². The van der Waals surface area contributed by atoms with Gasteiger partial charge in [-0.25, -0.2) is 0 Å². The topological polar surface area (TPSA) is 29.9 Å². The molecule has 4 heteroatoms. The van der Waals surface area contributed by atoms with Crippen molar-refractivity contribution in [3.8, 4) is 0 Å². The lowest BCUT2D eigenvalue weighted by molar-refractivity contribution is 0.582. The summed E-state index contributed by atoms with van der Waals surface area (Å²) in [5, 5.41) is 9.72. The van der Waals surface area contributed by atoms with Gasteiger partial charge in [0.05, 0.1) is 6.20 Å². The van der Waals surface area contributed by atoms with Gasteiger partial charge in [0.15, 0.2) is 0 Å². The first kappa shape index (κ1) is 10.4. The molecule has 0 unspecified atom stereocenters. The minimum absolute atomic E-state index is 0.408. The monoisotopic (exact) mass is 221 g/mol. The lowest BCUT2D eigenvalue weighted by atomic mass is 10.2. The molecule has 0 aliphatic rings. The Morgan fingerprint density at radius 3 is 3.07 bits per heavy atom. The molecule has 0 aromatic carbocycles. The molecule has 2 aromatic heterocycles. The number of aromatic nitrogens is 2. The van der Waals surface area contributed by atoms with E-state index in [4.69, 9.17) is 0 Å². The van der Waals surface area contributed by atoms with Gasteiger partial charge in [-0.05, 0) is 18.4 Å². The van der Waals surface area contributed by atoms with Crippen molar-refractivity contribution in [3.05, 3.63) is 40.3 Å². The van der Waals surface area contributed by atoms with Gasteiger partial charge in [-0.3, -0.25) is 4.68 Å². The van der Waals surface area contributed by atoms with Crippen molar-refractivity contribution in [2.45, 2.75) is 19.5 Å². The molecular formula is C11H15N3S. The lowest BCUT2D eigenvalue weighted by Crippen LogP contribution is -2.16. The first-order valence-corrected chi connectivity index (χ1v) is 5.88. The van der Waals surface area contributed by atoms with Gasteiger partial charge in [0.1, 0.15) is 0 Å². The summed E-state index contributed by atoms with van der Waals surface area (Å²) in [6.45, 7) is 3.05. The second-order valence-corrected chi connectivity index (χ2v) is 4.62. The van der Waals surface area contributed by atoms with Gasteiger partial charge in [0.2, 0.25) is 0 Å². The molecule has 0 spiro atoms. The average Bonchev–Trinajstić information content (AvgIpc) is 2.84. The smallest absolute Gasteiger partial charge is 0.0534 e. The normalized spacial score (nSPS) is 12.9. The highest BCUT2D eigenvalue weighted by Crippen LogP contribution is 2.18. The molecule has 2 rings (SSSR count). The van der Waals surface area contributed by atoms with Crippen LogP contribution in [0.1, 0.15) is 23.4 Å². The van der Waals surface area contributed by atoms with Gasteiger partial charge in [-0.1, -0.05) is 6.07 Å². The fourth-order valence-corrected chi connectivity index (χ4v) is 2.23. The predicted octanol–water partition coefficient (Wildman–Crippen LogP) is 2.33. The zero-order valence-corrected chi connectivity index (χ0v) is 9.79. The van der Waals surface area contributed by atoms with Crippen LogP contribution in [0, 0.1) is 0 Å². The molecule has 1 atom stereocenters. The van der Waals surface area contributed by atoms with Gasteiger partial charge in [-0.2, -0.15) is 5.10 Å². The van der Waals surface area contributed by atoms with Crippen molar-refractivity contribution in [2.24, 2.45) is 7.05 Å². The van der Waals surface area contributed by atoms with Crippen molar-refractivity contribution < 1.29 is 0 Å². The maximum atomic E-state index is 4.14. The molecule has 2 aromatic rings. The molecule has 2 heterocycles. The predicted molar refractivity (Wildman–Crippen MR) is 62.8 cm³/mol. The van der Waals surface area contributed by atoms with Crippen LogP contribution in [0.2, 0.25) is 0 Å². The number of nitrogens with one attached hydrogen (secondary N) is 1. The van der Waals surface area contributed by atoms with Crippen molar-refractivity contribution in [3.63, 3.8) is 0 Å². The molecule has 0 radical (unpaired) electrons. The summed E-state index contributed by atoms with van der Waals surface area (Å²) < 4.78 is 1.83. The molecule has 0 fully saturated rings. The van der Waals surface area contributed by atoms with Crippen LogP contribution in [0.15, 0.2) is 29.9 Å². The van der Waals surface area contributed by atoms with Crippen LogP contribution in [-0.2, 0) is 13.6 Å². The van der Waals surface area contributed by atoms with Crippen LogP contribution < -0.4 is 5.32 Å². The lowest BCUT2D eigenvalue weighted by Gasteiger charge is -2.10. The van der Waals surface area contributed by atoms with Crippen molar-refractivity contribution in [1.82, 2.24) is 15.1 Å². The van der Waals surface area contributed by atoms with E-state index in [-0.39, 0.29) is 0 Å². The van der Waals surface area contributed by atoms with Gasteiger partial charge >= 0.3 is 0 Å². The maximum absolute atomic E-state index is 4.14. The molecule has 0 saturated carbocycles. The highest BCUT2D eigenvalue weighted by Gasteiger charge is 2.05. The van der Waals surface area contributed by atoms with E-state index < -0.39 is 0 Å². The van der Waals surface area contributed by atoms with Gasteiger partial charge in [-0.15, -0.1) is 11.3 Å². The first-order chi connectivity index (χ1) is 7.25. The van der Waals surface area contributed by atoms with Crippen molar-refractivity contribution in [1.29, 1.82) is 0 Å². The van der Waals surface area contributed by atoms with E-state index in [0.29, 0.717) is 6.04 Å². The molecule has 0 aliphatic heterocycles. The SMILES string of the molecule is C[C@H](NCc1cnn(C)c1)c1cccs1. The summed E-state index contributed by atoms with van der Waals surface area (Å²) in [5.74, 6) is 0. The minimum Gasteiger partial charge on any atom is -0.305 e. The Morgan fingerprint density at radius 1 is 1.60 bits per heavy atom. The standard InChI is InChI=1S/C11H15N3S/c1-9(11-4-3-5-15-11)12-6-10-7-13-14(2)8-10/h3-5,7-9,12H,6H2,1-2H3/t9-/m0/s1. The van der Waals surface area contributed by atoms with Crippen LogP contribution >= 0.6 is 11.3 Å². The summed E-state index contributed by atoms with van der Waals surface area (Å²) in [5.41, 5.74) is 1.22. The Labute approximate surface area is 93.7 Å². The summed E-state index contributed by atoms with van der Waals surface area (Å²) in [7, 11) is 1.94. The van der Waals surface area contributed by atoms with Crippen molar-refractivity contribution in [2.75, 3.05) is 0 Å².